The Balaban J connectivity index is 1.71. The van der Waals surface area contributed by atoms with Crippen molar-refractivity contribution in [3.05, 3.63) is 35.4 Å². The topological polar surface area (TPSA) is 74.8 Å². The second kappa shape index (κ2) is 10.4. The molecule has 0 spiro atoms. The van der Waals surface area contributed by atoms with E-state index in [9.17, 15) is 13.6 Å². The molecule has 0 heterocycles. The van der Waals surface area contributed by atoms with E-state index in [1.807, 2.05) is 20.8 Å². The number of guanidine groups is 1. The number of hydrogen-bond acceptors (Lipinski definition) is 3. The molecule has 3 N–H and O–H groups in total. The average molecular weight is 411 g/mol. The summed E-state index contributed by atoms with van der Waals surface area (Å²) >= 11 is 0. The third kappa shape index (κ3) is 7.87. The Morgan fingerprint density at radius 2 is 1.76 bits per heavy atom. The van der Waals surface area contributed by atoms with Crippen molar-refractivity contribution in [1.82, 2.24) is 16.0 Å². The summed E-state index contributed by atoms with van der Waals surface area (Å²) in [7, 11) is 1.67. The van der Waals surface area contributed by atoms with Crippen LogP contribution in [0.25, 0.3) is 0 Å². The van der Waals surface area contributed by atoms with E-state index in [4.69, 9.17) is 4.74 Å². The molecule has 1 aliphatic carbocycles. The highest BCUT2D eigenvalue weighted by molar-refractivity contribution is 5.80. The molecule has 0 unspecified atom stereocenters. The highest BCUT2D eigenvalue weighted by Gasteiger charge is 2.25. The van der Waals surface area contributed by atoms with Gasteiger partial charge >= 0.3 is 6.09 Å². The van der Waals surface area contributed by atoms with Gasteiger partial charge in [-0.25, -0.2) is 13.6 Å². The van der Waals surface area contributed by atoms with Crippen molar-refractivity contribution in [2.45, 2.75) is 70.6 Å². The van der Waals surface area contributed by atoms with Gasteiger partial charge in [0.15, 0.2) is 17.6 Å². The second-order valence-electron chi connectivity index (χ2n) is 8.30. The van der Waals surface area contributed by atoms with Gasteiger partial charge in [-0.2, -0.15) is 0 Å². The number of nitrogens with one attached hydrogen (secondary N) is 3. The molecule has 0 aromatic heterocycles. The Morgan fingerprint density at radius 3 is 2.34 bits per heavy atom. The van der Waals surface area contributed by atoms with Crippen molar-refractivity contribution in [3.8, 4) is 0 Å². The number of aliphatic imine (C=N–C) groups is 1. The molecule has 1 fully saturated rings. The molecule has 1 aromatic carbocycles. The maximum atomic E-state index is 13.7. The number of nitrogens with zero attached hydrogens (tertiary/aromatic N) is 1. The van der Waals surface area contributed by atoms with Crippen LogP contribution in [-0.2, 0) is 11.2 Å². The van der Waals surface area contributed by atoms with Gasteiger partial charge in [0.05, 0.1) is 0 Å². The van der Waals surface area contributed by atoms with Crippen LogP contribution in [0, 0.1) is 11.6 Å². The Bertz CT molecular complexity index is 711. The van der Waals surface area contributed by atoms with Crippen molar-refractivity contribution < 1.29 is 18.3 Å². The minimum atomic E-state index is -0.832. The predicted octanol–water partition coefficient (Wildman–Crippen LogP) is 3.51. The largest absolute Gasteiger partial charge is 0.444 e. The third-order valence-electron chi connectivity index (χ3n) is 4.73. The van der Waals surface area contributed by atoms with Crippen LogP contribution >= 0.6 is 0 Å². The lowest BCUT2D eigenvalue weighted by molar-refractivity contribution is 0.0490. The fraction of sp³-hybridized carbons (Fsp3) is 0.619. The van der Waals surface area contributed by atoms with E-state index in [-0.39, 0.29) is 18.2 Å². The summed E-state index contributed by atoms with van der Waals surface area (Å²) in [5.74, 6) is -1.000. The van der Waals surface area contributed by atoms with Crippen molar-refractivity contribution in [1.29, 1.82) is 0 Å². The van der Waals surface area contributed by atoms with Gasteiger partial charge in [-0.1, -0.05) is 12.1 Å². The van der Waals surface area contributed by atoms with E-state index in [0.29, 0.717) is 24.5 Å². The van der Waals surface area contributed by atoms with E-state index in [1.54, 1.807) is 13.1 Å². The van der Waals surface area contributed by atoms with E-state index >= 15 is 0 Å². The third-order valence-corrected chi connectivity index (χ3v) is 4.73. The first-order valence-electron chi connectivity index (χ1n) is 10.1. The molecule has 29 heavy (non-hydrogen) atoms. The van der Waals surface area contributed by atoms with Crippen LogP contribution in [0.1, 0.15) is 52.0 Å². The quantitative estimate of drug-likeness (QED) is 0.513. The number of carbonyl (C=O) groups is 1. The monoisotopic (exact) mass is 410 g/mol. The number of hydrogen-bond donors (Lipinski definition) is 3. The zero-order valence-corrected chi connectivity index (χ0v) is 17.6. The van der Waals surface area contributed by atoms with Gasteiger partial charge in [0.25, 0.3) is 0 Å². The summed E-state index contributed by atoms with van der Waals surface area (Å²) in [4.78, 5) is 16.1. The van der Waals surface area contributed by atoms with E-state index in [2.05, 4.69) is 20.9 Å². The number of ether oxygens (including phenoxy) is 1. The highest BCUT2D eigenvalue weighted by Crippen LogP contribution is 2.19. The van der Waals surface area contributed by atoms with Crippen molar-refractivity contribution >= 4 is 12.1 Å². The molecule has 0 aliphatic heterocycles. The SMILES string of the molecule is CN=C(NCCc1cccc(F)c1F)NC1CCC(NC(=O)OC(C)(C)C)CC1. The molecule has 1 aromatic rings. The summed E-state index contributed by atoms with van der Waals surface area (Å²) < 4.78 is 32.3. The van der Waals surface area contributed by atoms with E-state index in [1.165, 1.54) is 6.07 Å². The molecule has 162 valence electrons. The van der Waals surface area contributed by atoms with Crippen LogP contribution in [0.4, 0.5) is 13.6 Å². The molecule has 2 rings (SSSR count). The molecule has 0 atom stereocenters. The zero-order valence-electron chi connectivity index (χ0n) is 17.6. The minimum Gasteiger partial charge on any atom is -0.444 e. The van der Waals surface area contributed by atoms with Gasteiger partial charge in [0.2, 0.25) is 0 Å². The summed E-state index contributed by atoms with van der Waals surface area (Å²) in [5.41, 5.74) is -0.170. The molecule has 0 radical (unpaired) electrons. The lowest BCUT2D eigenvalue weighted by Crippen LogP contribution is -2.48. The standard InChI is InChI=1S/C21H32F2N4O2/c1-21(2,3)29-20(28)27-16-10-8-15(9-11-16)26-19(24-4)25-13-12-14-6-5-7-17(22)18(14)23/h5-7,15-16H,8-13H2,1-4H3,(H,27,28)(H2,24,25,26). The molecule has 8 heteroatoms. The van der Waals surface area contributed by atoms with E-state index < -0.39 is 17.2 Å². The van der Waals surface area contributed by atoms with Crippen LogP contribution in [0.5, 0.6) is 0 Å². The van der Waals surface area contributed by atoms with Crippen LogP contribution in [0.3, 0.4) is 0 Å². The molecule has 1 saturated carbocycles. The van der Waals surface area contributed by atoms with Gasteiger partial charge < -0.3 is 20.7 Å². The van der Waals surface area contributed by atoms with Gasteiger partial charge in [-0.15, -0.1) is 0 Å². The first-order chi connectivity index (χ1) is 13.7. The molecular formula is C21H32F2N4O2. The normalized spacial score (nSPS) is 20.1. The Labute approximate surface area is 171 Å². The first kappa shape index (κ1) is 22.9. The number of amides is 1. The van der Waals surface area contributed by atoms with Gasteiger partial charge in [-0.05, 0) is 64.5 Å². The van der Waals surface area contributed by atoms with Crippen LogP contribution < -0.4 is 16.0 Å². The maximum absolute atomic E-state index is 13.7. The minimum absolute atomic E-state index is 0.105. The number of halogens is 2. The number of alkyl carbamates (subject to hydrolysis) is 1. The lowest BCUT2D eigenvalue weighted by atomic mass is 9.91. The lowest BCUT2D eigenvalue weighted by Gasteiger charge is -2.31. The fourth-order valence-corrected chi connectivity index (χ4v) is 3.30. The summed E-state index contributed by atoms with van der Waals surface area (Å²) in [5, 5.41) is 9.42. The Morgan fingerprint density at radius 1 is 1.14 bits per heavy atom. The predicted molar refractivity (Wildman–Crippen MR) is 110 cm³/mol. The highest BCUT2D eigenvalue weighted by atomic mass is 19.2. The van der Waals surface area contributed by atoms with Crippen molar-refractivity contribution in [3.63, 3.8) is 0 Å². The maximum Gasteiger partial charge on any atom is 0.407 e. The van der Waals surface area contributed by atoms with Crippen LogP contribution in [0.15, 0.2) is 23.2 Å². The van der Waals surface area contributed by atoms with Crippen LogP contribution in [-0.4, -0.2) is 43.3 Å². The second-order valence-corrected chi connectivity index (χ2v) is 8.30. The van der Waals surface area contributed by atoms with Crippen molar-refractivity contribution in [2.75, 3.05) is 13.6 Å². The molecule has 1 amide bonds. The Kier molecular flexibility index (Phi) is 8.22. The Hall–Kier alpha value is -2.38. The van der Waals surface area contributed by atoms with Gasteiger partial charge in [0.1, 0.15) is 5.60 Å². The molecule has 0 saturated heterocycles. The van der Waals surface area contributed by atoms with Crippen molar-refractivity contribution in [2.24, 2.45) is 4.99 Å². The molecule has 1 aliphatic rings. The van der Waals surface area contributed by atoms with Crippen LogP contribution in [0.2, 0.25) is 0 Å². The fourth-order valence-electron chi connectivity index (χ4n) is 3.30. The first-order valence-corrected chi connectivity index (χ1v) is 10.1. The van der Waals surface area contributed by atoms with Gasteiger partial charge in [-0.3, -0.25) is 4.99 Å². The van der Waals surface area contributed by atoms with Gasteiger partial charge in [0, 0.05) is 25.7 Å². The molecular weight excluding hydrogens is 378 g/mol. The molecule has 0 bridgehead atoms. The summed E-state index contributed by atoms with van der Waals surface area (Å²) in [6, 6.07) is 4.54. The number of benzene rings is 1. The summed E-state index contributed by atoms with van der Waals surface area (Å²) in [6.07, 6.45) is 3.46. The number of carbonyl (C=O) groups excluding carboxylic acids is 1. The molecule has 6 nitrogen and oxygen atoms in total. The number of rotatable bonds is 5. The van der Waals surface area contributed by atoms with E-state index in [0.717, 1.165) is 31.7 Å². The summed E-state index contributed by atoms with van der Waals surface area (Å²) in [6.45, 7) is 5.97. The zero-order chi connectivity index (χ0) is 21.4. The average Bonchev–Trinajstić information content (AvgIpc) is 2.64. The smallest absolute Gasteiger partial charge is 0.407 e.